The highest BCUT2D eigenvalue weighted by molar-refractivity contribution is 5.44. The van der Waals surface area contributed by atoms with Crippen LogP contribution in [-0.2, 0) is 30.3 Å². The Bertz CT molecular complexity index is 901. The Labute approximate surface area is 161 Å². The Morgan fingerprint density at radius 3 is 2.48 bits per heavy atom. The highest BCUT2D eigenvalue weighted by Crippen LogP contribution is 2.34. The molecule has 0 bridgehead atoms. The summed E-state index contributed by atoms with van der Waals surface area (Å²) in [5.74, 6) is 1.11. The Balaban J connectivity index is 1.85. The van der Waals surface area contributed by atoms with Crippen LogP contribution < -0.4 is 5.56 Å². The molecule has 3 rings (SSSR count). The molecule has 2 N–H and O–H groups in total. The van der Waals surface area contributed by atoms with E-state index in [4.69, 9.17) is 4.98 Å². The molecule has 0 saturated heterocycles. The van der Waals surface area contributed by atoms with E-state index in [2.05, 4.69) is 51.4 Å². The van der Waals surface area contributed by atoms with Crippen LogP contribution in [0.4, 0.5) is 0 Å². The lowest BCUT2D eigenvalue weighted by Crippen LogP contribution is -2.37. The molecule has 1 aliphatic heterocycles. The molecule has 1 aliphatic rings. The number of hydrogen-bond donors (Lipinski definition) is 2. The van der Waals surface area contributed by atoms with Crippen molar-refractivity contribution in [3.8, 4) is 5.75 Å². The summed E-state index contributed by atoms with van der Waals surface area (Å²) in [5, 5.41) is 10.7. The van der Waals surface area contributed by atoms with Crippen LogP contribution in [0.25, 0.3) is 0 Å². The maximum Gasteiger partial charge on any atom is 0.255 e. The van der Waals surface area contributed by atoms with Crippen molar-refractivity contribution < 1.29 is 5.11 Å². The largest absolute Gasteiger partial charge is 0.507 e. The molecule has 0 amide bonds. The molecule has 2 heterocycles. The molecule has 0 saturated carbocycles. The molecule has 1 aromatic heterocycles. The fourth-order valence-corrected chi connectivity index (χ4v) is 3.54. The van der Waals surface area contributed by atoms with Gasteiger partial charge >= 0.3 is 0 Å². The van der Waals surface area contributed by atoms with Crippen molar-refractivity contribution in [3.05, 3.63) is 56.8 Å². The number of H-pyrrole nitrogens is 1. The molecule has 0 unspecified atom stereocenters. The molecule has 1 aromatic carbocycles. The lowest BCUT2D eigenvalue weighted by molar-refractivity contribution is 0.237. The fourth-order valence-electron chi connectivity index (χ4n) is 3.54. The number of aromatic amines is 1. The van der Waals surface area contributed by atoms with E-state index >= 15 is 0 Å². The average molecular weight is 370 g/mol. The highest BCUT2D eigenvalue weighted by atomic mass is 16.3. The fraction of sp³-hybridized carbons (Fsp3) is 0.545. The van der Waals surface area contributed by atoms with Gasteiger partial charge in [0.25, 0.3) is 5.56 Å². The number of nitrogens with one attached hydrogen (secondary N) is 1. The van der Waals surface area contributed by atoms with Crippen molar-refractivity contribution in [1.82, 2.24) is 14.9 Å². The average Bonchev–Trinajstić information content (AvgIpc) is 2.55. The molecule has 27 heavy (non-hydrogen) atoms. The van der Waals surface area contributed by atoms with Crippen molar-refractivity contribution in [1.29, 1.82) is 0 Å². The van der Waals surface area contributed by atoms with Crippen LogP contribution in [0.1, 0.15) is 69.8 Å². The molecular formula is C22H31N3O2. The Kier molecular flexibility index (Phi) is 4.93. The second kappa shape index (κ2) is 6.79. The van der Waals surface area contributed by atoms with Crippen molar-refractivity contribution in [3.63, 3.8) is 0 Å². The van der Waals surface area contributed by atoms with Gasteiger partial charge in [0.05, 0.1) is 11.3 Å². The van der Waals surface area contributed by atoms with E-state index in [9.17, 15) is 9.90 Å². The third kappa shape index (κ3) is 4.08. The third-order valence-corrected chi connectivity index (χ3v) is 5.18. The number of para-hydroxylation sites is 1. The number of aromatic hydroxyl groups is 1. The van der Waals surface area contributed by atoms with Crippen LogP contribution in [-0.4, -0.2) is 26.5 Å². The van der Waals surface area contributed by atoms with Gasteiger partial charge in [-0.1, -0.05) is 59.7 Å². The van der Waals surface area contributed by atoms with Crippen LogP contribution >= 0.6 is 0 Å². The zero-order valence-electron chi connectivity index (χ0n) is 17.3. The summed E-state index contributed by atoms with van der Waals surface area (Å²) in [6, 6.07) is 5.94. The molecule has 0 spiro atoms. The second-order valence-corrected chi connectivity index (χ2v) is 9.61. The van der Waals surface area contributed by atoms with Gasteiger partial charge in [-0.15, -0.1) is 0 Å². The quantitative estimate of drug-likeness (QED) is 0.848. The molecule has 0 aliphatic carbocycles. The maximum atomic E-state index is 12.6. The van der Waals surface area contributed by atoms with Gasteiger partial charge in [-0.05, 0) is 11.0 Å². The minimum absolute atomic E-state index is 0.0395. The van der Waals surface area contributed by atoms with Gasteiger partial charge in [0.2, 0.25) is 0 Å². The normalized spacial score (nSPS) is 15.6. The van der Waals surface area contributed by atoms with Gasteiger partial charge < -0.3 is 10.1 Å². The highest BCUT2D eigenvalue weighted by Gasteiger charge is 2.26. The first-order chi connectivity index (χ1) is 12.5. The summed E-state index contributed by atoms with van der Waals surface area (Å²) < 4.78 is 0. The smallest absolute Gasteiger partial charge is 0.255 e. The molecular weight excluding hydrogens is 338 g/mol. The monoisotopic (exact) mass is 369 g/mol. The predicted molar refractivity (Wildman–Crippen MR) is 108 cm³/mol. The van der Waals surface area contributed by atoms with Crippen molar-refractivity contribution in [2.45, 2.75) is 71.9 Å². The number of rotatable bonds is 2. The maximum absolute atomic E-state index is 12.6. The molecule has 2 aromatic rings. The summed E-state index contributed by atoms with van der Waals surface area (Å²) in [5.41, 5.74) is 3.19. The summed E-state index contributed by atoms with van der Waals surface area (Å²) >= 11 is 0. The van der Waals surface area contributed by atoms with Gasteiger partial charge in [-0.25, -0.2) is 4.98 Å². The van der Waals surface area contributed by atoms with E-state index < -0.39 is 0 Å². The van der Waals surface area contributed by atoms with Gasteiger partial charge in [-0.2, -0.15) is 0 Å². The molecule has 0 radical (unpaired) electrons. The van der Waals surface area contributed by atoms with E-state index in [1.807, 2.05) is 18.2 Å². The first-order valence-electron chi connectivity index (χ1n) is 9.63. The molecule has 5 heteroatoms. The van der Waals surface area contributed by atoms with Gasteiger partial charge in [0, 0.05) is 37.0 Å². The standard InChI is InChI=1S/C22H31N3O2/c1-21(2,3)16-9-7-8-14(18(16)26)12-25-11-10-17-15(13-25)19(27)24-20(23-17)22(4,5)6/h7-9,26H,10-13H2,1-6H3,(H,23,24,27). The summed E-state index contributed by atoms with van der Waals surface area (Å²) in [6.45, 7) is 14.5. The van der Waals surface area contributed by atoms with Crippen LogP contribution in [0.2, 0.25) is 0 Å². The third-order valence-electron chi connectivity index (χ3n) is 5.18. The lowest BCUT2D eigenvalue weighted by Gasteiger charge is -2.30. The second-order valence-electron chi connectivity index (χ2n) is 9.61. The molecule has 0 atom stereocenters. The molecule has 0 fully saturated rings. The summed E-state index contributed by atoms with van der Waals surface area (Å²) in [4.78, 5) is 22.5. The number of phenols is 1. The first kappa shape index (κ1) is 19.6. The zero-order chi connectivity index (χ0) is 20.0. The van der Waals surface area contributed by atoms with Crippen LogP contribution in [0.3, 0.4) is 0 Å². The number of phenolic OH excluding ortho intramolecular Hbond substituents is 1. The van der Waals surface area contributed by atoms with E-state index in [0.717, 1.165) is 41.2 Å². The lowest BCUT2D eigenvalue weighted by atomic mass is 9.85. The van der Waals surface area contributed by atoms with Gasteiger partial charge in [-0.3, -0.25) is 9.69 Å². The van der Waals surface area contributed by atoms with Crippen molar-refractivity contribution in [2.24, 2.45) is 0 Å². The minimum Gasteiger partial charge on any atom is -0.507 e. The first-order valence-corrected chi connectivity index (χ1v) is 9.63. The van der Waals surface area contributed by atoms with Crippen molar-refractivity contribution in [2.75, 3.05) is 6.54 Å². The number of hydrogen-bond acceptors (Lipinski definition) is 4. The van der Waals surface area contributed by atoms with E-state index in [1.165, 1.54) is 0 Å². The Hall–Kier alpha value is -2.14. The van der Waals surface area contributed by atoms with E-state index in [1.54, 1.807) is 0 Å². The van der Waals surface area contributed by atoms with E-state index in [-0.39, 0.29) is 16.4 Å². The van der Waals surface area contributed by atoms with Crippen LogP contribution in [0.5, 0.6) is 5.75 Å². The van der Waals surface area contributed by atoms with Crippen LogP contribution in [0, 0.1) is 0 Å². The van der Waals surface area contributed by atoms with Crippen molar-refractivity contribution >= 4 is 0 Å². The number of fused-ring (bicyclic) bond motifs is 1. The topological polar surface area (TPSA) is 69.2 Å². The molecule has 146 valence electrons. The number of benzene rings is 1. The minimum atomic E-state index is -0.176. The Morgan fingerprint density at radius 2 is 1.85 bits per heavy atom. The van der Waals surface area contributed by atoms with Crippen LogP contribution in [0.15, 0.2) is 23.0 Å². The zero-order valence-corrected chi connectivity index (χ0v) is 17.3. The summed E-state index contributed by atoms with van der Waals surface area (Å²) in [7, 11) is 0. The van der Waals surface area contributed by atoms with Gasteiger partial charge in [0.15, 0.2) is 0 Å². The van der Waals surface area contributed by atoms with E-state index in [0.29, 0.717) is 18.8 Å². The van der Waals surface area contributed by atoms with Gasteiger partial charge in [0.1, 0.15) is 11.6 Å². The summed E-state index contributed by atoms with van der Waals surface area (Å²) in [6.07, 6.45) is 0.752. The molecule has 5 nitrogen and oxygen atoms in total. The predicted octanol–water partition coefficient (Wildman–Crippen LogP) is 3.63. The SMILES string of the molecule is CC(C)(C)c1nc2c(c(=O)[nH]1)CN(Cc1cccc(C(C)(C)C)c1O)CC2. The number of aromatic nitrogens is 2. The Morgan fingerprint density at radius 1 is 1.15 bits per heavy atom. The number of nitrogens with zero attached hydrogens (tertiary/aromatic N) is 2.